The van der Waals surface area contributed by atoms with Gasteiger partial charge in [-0.15, -0.1) is 0 Å². The van der Waals surface area contributed by atoms with Crippen LogP contribution >= 0.6 is 27.5 Å². The summed E-state index contributed by atoms with van der Waals surface area (Å²) in [4.78, 5) is 23.5. The molecule has 2 heterocycles. The molecule has 7 nitrogen and oxygen atoms in total. The Morgan fingerprint density at radius 3 is 2.52 bits per heavy atom. The summed E-state index contributed by atoms with van der Waals surface area (Å²) in [6.07, 6.45) is 4.23. The molecule has 174 valence electrons. The van der Waals surface area contributed by atoms with Gasteiger partial charge in [-0.05, 0) is 85.7 Å². The third-order valence-electron chi connectivity index (χ3n) is 5.00. The number of halogens is 2. The number of likely N-dealkylation sites (tertiary alicyclic amines) is 1. The molecule has 0 saturated carbocycles. The van der Waals surface area contributed by atoms with Crippen molar-refractivity contribution < 1.29 is 9.53 Å². The van der Waals surface area contributed by atoms with Crippen molar-refractivity contribution in [2.24, 2.45) is 0 Å². The second kappa shape index (κ2) is 12.0. The number of aryl methyl sites for hydroxylation is 1. The van der Waals surface area contributed by atoms with Crippen molar-refractivity contribution in [1.82, 2.24) is 14.9 Å². The van der Waals surface area contributed by atoms with Gasteiger partial charge in [0.1, 0.15) is 5.56 Å². The van der Waals surface area contributed by atoms with Gasteiger partial charge in [-0.2, -0.15) is 4.98 Å². The number of hydrogen-bond donors (Lipinski definition) is 2. The van der Waals surface area contributed by atoms with E-state index < -0.39 is 5.91 Å². The van der Waals surface area contributed by atoms with Crippen LogP contribution in [0.3, 0.4) is 0 Å². The molecule has 33 heavy (non-hydrogen) atoms. The molecule has 1 saturated heterocycles. The van der Waals surface area contributed by atoms with Gasteiger partial charge in [0.25, 0.3) is 5.91 Å². The summed E-state index contributed by atoms with van der Waals surface area (Å²) in [5.41, 5.74) is 2.61. The number of aromatic nitrogens is 2. The molecular weight excluding hydrogens is 506 g/mol. The van der Waals surface area contributed by atoms with Gasteiger partial charge < -0.3 is 20.3 Å². The number of ether oxygens (including phenoxy) is 1. The van der Waals surface area contributed by atoms with Crippen LogP contribution in [0.5, 0.6) is 5.88 Å². The van der Waals surface area contributed by atoms with Crippen molar-refractivity contribution in [1.29, 1.82) is 0 Å². The SMILES string of the molecule is CN1CCCC1.COc1nc(Nc2cccc(C)c2)ncc1C(=O)Nc1c(Cl)cccc1Br. The Balaban J connectivity index is 0.000000442. The van der Waals surface area contributed by atoms with E-state index in [1.165, 1.54) is 39.2 Å². The molecule has 2 N–H and O–H groups in total. The Hall–Kier alpha value is -2.68. The maximum absolute atomic E-state index is 12.6. The number of carbonyl (C=O) groups excluding carboxylic acids is 1. The highest BCUT2D eigenvalue weighted by atomic mass is 79.9. The predicted molar refractivity (Wildman–Crippen MR) is 137 cm³/mol. The summed E-state index contributed by atoms with van der Waals surface area (Å²) in [6, 6.07) is 13.0. The lowest BCUT2D eigenvalue weighted by Gasteiger charge is -2.12. The molecule has 1 fully saturated rings. The topological polar surface area (TPSA) is 79.4 Å². The lowest BCUT2D eigenvalue weighted by molar-refractivity contribution is 0.102. The van der Waals surface area contributed by atoms with E-state index >= 15 is 0 Å². The first-order chi connectivity index (χ1) is 15.9. The van der Waals surface area contributed by atoms with Gasteiger partial charge in [0.2, 0.25) is 11.8 Å². The van der Waals surface area contributed by atoms with Crippen LogP contribution in [0.4, 0.5) is 17.3 Å². The van der Waals surface area contributed by atoms with Gasteiger partial charge in [-0.1, -0.05) is 29.8 Å². The van der Waals surface area contributed by atoms with Crippen LogP contribution in [0.2, 0.25) is 5.02 Å². The van der Waals surface area contributed by atoms with Gasteiger partial charge in [-0.3, -0.25) is 4.79 Å². The standard InChI is InChI=1S/C19H16BrClN4O2.C5H11N/c1-11-5-3-6-12(9-11)23-19-22-10-13(18(25-19)27-2)17(26)24-16-14(20)7-4-8-15(16)21;1-6-4-2-3-5-6/h3-10H,1-2H3,(H,24,26)(H,22,23,25);2-5H2,1H3. The fraction of sp³-hybridized carbons (Fsp3) is 0.292. The van der Waals surface area contributed by atoms with E-state index in [1.54, 1.807) is 18.2 Å². The summed E-state index contributed by atoms with van der Waals surface area (Å²) in [6.45, 7) is 4.63. The van der Waals surface area contributed by atoms with Gasteiger partial charge in [0.15, 0.2) is 0 Å². The highest BCUT2D eigenvalue weighted by Crippen LogP contribution is 2.31. The fourth-order valence-electron chi connectivity index (χ4n) is 3.26. The fourth-order valence-corrected chi connectivity index (χ4v) is 4.06. The third-order valence-corrected chi connectivity index (χ3v) is 5.97. The smallest absolute Gasteiger partial charge is 0.262 e. The molecule has 0 atom stereocenters. The van der Waals surface area contributed by atoms with Crippen LogP contribution < -0.4 is 15.4 Å². The second-order valence-electron chi connectivity index (χ2n) is 7.67. The van der Waals surface area contributed by atoms with E-state index in [0.717, 1.165) is 11.3 Å². The van der Waals surface area contributed by atoms with E-state index in [1.807, 2.05) is 31.2 Å². The van der Waals surface area contributed by atoms with Crippen LogP contribution in [0.1, 0.15) is 28.8 Å². The van der Waals surface area contributed by atoms with Gasteiger partial charge in [0, 0.05) is 16.4 Å². The average molecular weight is 533 g/mol. The van der Waals surface area contributed by atoms with Gasteiger partial charge >= 0.3 is 0 Å². The van der Waals surface area contributed by atoms with Gasteiger partial charge in [-0.25, -0.2) is 4.98 Å². The normalized spacial score (nSPS) is 13.1. The molecule has 4 rings (SSSR count). The molecular formula is C24H27BrClN5O2. The predicted octanol–water partition coefficient (Wildman–Crippen LogP) is 5.92. The van der Waals surface area contributed by atoms with E-state index in [-0.39, 0.29) is 11.4 Å². The molecule has 1 aliphatic heterocycles. The molecule has 0 radical (unpaired) electrons. The molecule has 2 aromatic carbocycles. The maximum atomic E-state index is 12.6. The second-order valence-corrected chi connectivity index (χ2v) is 8.93. The Kier molecular flexibility index (Phi) is 9.05. The van der Waals surface area contributed by atoms with Crippen LogP contribution in [-0.2, 0) is 0 Å². The minimum Gasteiger partial charge on any atom is -0.480 e. The molecule has 1 amide bonds. The Bertz CT molecular complexity index is 1090. The molecule has 0 spiro atoms. The molecule has 1 aromatic heterocycles. The maximum Gasteiger partial charge on any atom is 0.262 e. The molecule has 0 aliphatic carbocycles. The Morgan fingerprint density at radius 1 is 1.18 bits per heavy atom. The zero-order valence-electron chi connectivity index (χ0n) is 18.9. The van der Waals surface area contributed by atoms with Crippen LogP contribution in [0, 0.1) is 6.92 Å². The number of rotatable bonds is 5. The van der Waals surface area contributed by atoms with E-state index in [2.05, 4.69) is 48.5 Å². The number of nitrogens with zero attached hydrogens (tertiary/aromatic N) is 3. The van der Waals surface area contributed by atoms with Crippen LogP contribution in [-0.4, -0.2) is 48.0 Å². The number of anilines is 3. The zero-order valence-corrected chi connectivity index (χ0v) is 21.2. The summed E-state index contributed by atoms with van der Waals surface area (Å²) >= 11 is 9.51. The highest BCUT2D eigenvalue weighted by molar-refractivity contribution is 9.10. The minimum absolute atomic E-state index is 0.154. The van der Waals surface area contributed by atoms with Crippen molar-refractivity contribution in [3.63, 3.8) is 0 Å². The third kappa shape index (κ3) is 7.15. The van der Waals surface area contributed by atoms with Crippen molar-refractivity contribution in [2.45, 2.75) is 19.8 Å². The van der Waals surface area contributed by atoms with Crippen LogP contribution in [0.25, 0.3) is 0 Å². The number of methoxy groups -OCH3 is 1. The number of carbonyl (C=O) groups is 1. The largest absolute Gasteiger partial charge is 0.480 e. The molecule has 0 unspecified atom stereocenters. The summed E-state index contributed by atoms with van der Waals surface area (Å²) in [5.74, 6) is 0.0523. The quantitative estimate of drug-likeness (QED) is 0.425. The number of benzene rings is 2. The number of hydrogen-bond acceptors (Lipinski definition) is 6. The van der Waals surface area contributed by atoms with E-state index in [4.69, 9.17) is 16.3 Å². The first kappa shape index (κ1) is 25.0. The Labute approximate surface area is 207 Å². The summed E-state index contributed by atoms with van der Waals surface area (Å²) in [7, 11) is 3.62. The van der Waals surface area contributed by atoms with Crippen molar-refractivity contribution in [3.05, 3.63) is 69.3 Å². The first-order valence-electron chi connectivity index (χ1n) is 10.6. The number of amides is 1. The molecule has 9 heteroatoms. The molecule has 1 aliphatic rings. The lowest BCUT2D eigenvalue weighted by atomic mass is 10.2. The highest BCUT2D eigenvalue weighted by Gasteiger charge is 2.18. The van der Waals surface area contributed by atoms with E-state index in [9.17, 15) is 4.79 Å². The van der Waals surface area contributed by atoms with Gasteiger partial charge in [0.05, 0.1) is 17.8 Å². The zero-order chi connectivity index (χ0) is 23.8. The van der Waals surface area contributed by atoms with Crippen molar-refractivity contribution in [3.8, 4) is 5.88 Å². The number of nitrogens with one attached hydrogen (secondary N) is 2. The average Bonchev–Trinajstić information content (AvgIpc) is 3.27. The van der Waals surface area contributed by atoms with Crippen molar-refractivity contribution >= 4 is 50.8 Å². The Morgan fingerprint density at radius 2 is 1.91 bits per heavy atom. The monoisotopic (exact) mass is 531 g/mol. The van der Waals surface area contributed by atoms with Crippen LogP contribution in [0.15, 0.2) is 53.1 Å². The summed E-state index contributed by atoms with van der Waals surface area (Å²) < 4.78 is 5.94. The minimum atomic E-state index is -0.428. The number of para-hydroxylation sites is 1. The van der Waals surface area contributed by atoms with Crippen molar-refractivity contribution in [2.75, 3.05) is 37.9 Å². The van der Waals surface area contributed by atoms with E-state index in [0.29, 0.717) is 21.1 Å². The lowest BCUT2D eigenvalue weighted by Crippen LogP contribution is -2.15. The molecule has 3 aromatic rings. The molecule has 0 bridgehead atoms. The summed E-state index contributed by atoms with van der Waals surface area (Å²) in [5, 5.41) is 6.25. The first-order valence-corrected chi connectivity index (χ1v) is 11.7.